The van der Waals surface area contributed by atoms with Gasteiger partial charge in [-0.05, 0) is 61.9 Å². The lowest BCUT2D eigenvalue weighted by atomic mass is 10.1. The van der Waals surface area contributed by atoms with Crippen LogP contribution in [0, 0.1) is 0 Å². The lowest BCUT2D eigenvalue weighted by Crippen LogP contribution is -2.12. The van der Waals surface area contributed by atoms with Crippen LogP contribution in [0.15, 0.2) is 40.9 Å². The average molecular weight is 369 g/mol. The fourth-order valence-corrected chi connectivity index (χ4v) is 3.05. The van der Waals surface area contributed by atoms with E-state index in [9.17, 15) is 0 Å². The average Bonchev–Trinajstić information content (AvgIpc) is 2.48. The molecule has 0 radical (unpaired) electrons. The second-order valence-electron chi connectivity index (χ2n) is 4.90. The monoisotopic (exact) mass is 367 g/mol. The summed E-state index contributed by atoms with van der Waals surface area (Å²) >= 11 is 9.73. The second kappa shape index (κ2) is 7.30. The van der Waals surface area contributed by atoms with Crippen LogP contribution in [0.4, 0.5) is 0 Å². The van der Waals surface area contributed by atoms with Crippen LogP contribution in [0.25, 0.3) is 0 Å². The van der Waals surface area contributed by atoms with Crippen molar-refractivity contribution < 1.29 is 4.74 Å². The van der Waals surface area contributed by atoms with Gasteiger partial charge in [-0.1, -0.05) is 40.5 Å². The van der Waals surface area contributed by atoms with E-state index in [0.29, 0.717) is 0 Å². The fraction of sp³-hybridized carbons (Fsp3) is 0.294. The number of aryl methyl sites for hydroxylation is 1. The quantitative estimate of drug-likeness (QED) is 0.727. The molecule has 0 aliphatic rings. The Bertz CT molecular complexity index is 630. The van der Waals surface area contributed by atoms with Crippen molar-refractivity contribution in [3.05, 3.63) is 57.0 Å². The van der Waals surface area contributed by atoms with Crippen molar-refractivity contribution in [3.63, 3.8) is 0 Å². The number of rotatable bonds is 5. The summed E-state index contributed by atoms with van der Waals surface area (Å²) in [6.45, 7) is 4.20. The molecule has 2 rings (SSSR count). The summed E-state index contributed by atoms with van der Waals surface area (Å²) in [7, 11) is 1.95. The molecule has 112 valence electrons. The van der Waals surface area contributed by atoms with E-state index in [-0.39, 0.29) is 6.04 Å². The van der Waals surface area contributed by atoms with Crippen molar-refractivity contribution in [2.75, 3.05) is 7.05 Å². The van der Waals surface area contributed by atoms with Crippen molar-refractivity contribution in [2.45, 2.75) is 26.3 Å². The molecule has 4 heteroatoms. The van der Waals surface area contributed by atoms with Crippen LogP contribution >= 0.6 is 27.5 Å². The van der Waals surface area contributed by atoms with Gasteiger partial charge in [-0.25, -0.2) is 0 Å². The molecule has 0 aliphatic heterocycles. The highest BCUT2D eigenvalue weighted by Crippen LogP contribution is 2.31. The molecule has 1 unspecified atom stereocenters. The zero-order valence-electron chi connectivity index (χ0n) is 12.4. The summed E-state index contributed by atoms with van der Waals surface area (Å²) in [4.78, 5) is 0. The number of nitrogens with one attached hydrogen (secondary N) is 1. The van der Waals surface area contributed by atoms with Crippen LogP contribution in [0.1, 0.15) is 31.0 Å². The lowest BCUT2D eigenvalue weighted by molar-refractivity contribution is 0.481. The highest BCUT2D eigenvalue weighted by Gasteiger charge is 2.09. The molecule has 0 aliphatic carbocycles. The molecule has 2 aromatic rings. The van der Waals surface area contributed by atoms with Gasteiger partial charge in [-0.15, -0.1) is 0 Å². The minimum Gasteiger partial charge on any atom is -0.457 e. The van der Waals surface area contributed by atoms with Crippen molar-refractivity contribution in [2.24, 2.45) is 0 Å². The van der Waals surface area contributed by atoms with Gasteiger partial charge in [0.05, 0.1) is 0 Å². The van der Waals surface area contributed by atoms with Crippen molar-refractivity contribution >= 4 is 27.5 Å². The molecular formula is C17H19BrClNO. The van der Waals surface area contributed by atoms with Gasteiger partial charge in [0.1, 0.15) is 11.5 Å². The molecule has 2 aromatic carbocycles. The first-order valence-electron chi connectivity index (χ1n) is 6.98. The Morgan fingerprint density at radius 3 is 2.48 bits per heavy atom. The van der Waals surface area contributed by atoms with Crippen LogP contribution in [0.2, 0.25) is 5.02 Å². The van der Waals surface area contributed by atoms with Gasteiger partial charge >= 0.3 is 0 Å². The zero-order valence-corrected chi connectivity index (χ0v) is 14.8. The second-order valence-corrected chi connectivity index (χ2v) is 6.16. The van der Waals surface area contributed by atoms with Crippen molar-refractivity contribution in [1.82, 2.24) is 5.32 Å². The predicted octanol–water partition coefficient (Wildman–Crippen LogP) is 5.74. The van der Waals surface area contributed by atoms with E-state index in [1.165, 1.54) is 5.56 Å². The normalized spacial score (nSPS) is 12.2. The maximum Gasteiger partial charge on any atom is 0.128 e. The standard InChI is InChI=1S/C17H19BrClNO/c1-4-12-9-13(6-8-17(12)19)21-14-5-7-15(11(2)20-3)16(18)10-14/h5-11,20H,4H2,1-3H3. The highest BCUT2D eigenvalue weighted by atomic mass is 79.9. The Balaban J connectivity index is 2.22. The highest BCUT2D eigenvalue weighted by molar-refractivity contribution is 9.10. The van der Waals surface area contributed by atoms with Crippen molar-refractivity contribution in [3.8, 4) is 11.5 Å². The molecule has 0 fully saturated rings. The van der Waals surface area contributed by atoms with Gasteiger partial charge in [-0.2, -0.15) is 0 Å². The first kappa shape index (κ1) is 16.3. The van der Waals surface area contributed by atoms with E-state index in [0.717, 1.165) is 33.0 Å². The number of hydrogen-bond acceptors (Lipinski definition) is 2. The van der Waals surface area contributed by atoms with Gasteiger partial charge in [0.2, 0.25) is 0 Å². The molecule has 0 amide bonds. The molecule has 0 aromatic heterocycles. The topological polar surface area (TPSA) is 21.3 Å². The van der Waals surface area contributed by atoms with Crippen LogP contribution in [0.5, 0.6) is 11.5 Å². The van der Waals surface area contributed by atoms with E-state index in [2.05, 4.69) is 41.2 Å². The molecule has 0 heterocycles. The van der Waals surface area contributed by atoms with Crippen molar-refractivity contribution in [1.29, 1.82) is 0 Å². The molecule has 0 saturated carbocycles. The lowest BCUT2D eigenvalue weighted by Gasteiger charge is -2.14. The van der Waals surface area contributed by atoms with E-state index in [1.807, 2.05) is 37.4 Å². The van der Waals surface area contributed by atoms with E-state index >= 15 is 0 Å². The van der Waals surface area contributed by atoms with Crippen LogP contribution in [-0.4, -0.2) is 7.05 Å². The third-order valence-electron chi connectivity index (χ3n) is 3.51. The summed E-state index contributed by atoms with van der Waals surface area (Å²) in [5.74, 6) is 1.61. The van der Waals surface area contributed by atoms with Crippen LogP contribution in [-0.2, 0) is 6.42 Å². The van der Waals surface area contributed by atoms with Gasteiger partial charge in [0.25, 0.3) is 0 Å². The Morgan fingerprint density at radius 2 is 1.86 bits per heavy atom. The molecule has 1 N–H and O–H groups in total. The number of ether oxygens (including phenoxy) is 1. The maximum atomic E-state index is 6.13. The molecular weight excluding hydrogens is 350 g/mol. The Labute approximate surface area is 139 Å². The SMILES string of the molecule is CCc1cc(Oc2ccc(C(C)NC)c(Br)c2)ccc1Cl. The smallest absolute Gasteiger partial charge is 0.128 e. The van der Waals surface area contributed by atoms with Gasteiger partial charge in [0.15, 0.2) is 0 Å². The number of hydrogen-bond donors (Lipinski definition) is 1. The summed E-state index contributed by atoms with van der Waals surface area (Å²) < 4.78 is 6.95. The third kappa shape index (κ3) is 4.00. The maximum absolute atomic E-state index is 6.13. The minimum absolute atomic E-state index is 0.288. The number of halogens is 2. The Hall–Kier alpha value is -1.03. The van der Waals surface area contributed by atoms with E-state index < -0.39 is 0 Å². The third-order valence-corrected chi connectivity index (χ3v) is 4.56. The predicted molar refractivity (Wildman–Crippen MR) is 92.5 cm³/mol. The van der Waals surface area contributed by atoms with Gasteiger partial charge < -0.3 is 10.1 Å². The molecule has 1 atom stereocenters. The first-order valence-corrected chi connectivity index (χ1v) is 8.15. The summed E-state index contributed by atoms with van der Waals surface area (Å²) in [6.07, 6.45) is 0.887. The first-order chi connectivity index (χ1) is 10.0. The Morgan fingerprint density at radius 1 is 1.19 bits per heavy atom. The van der Waals surface area contributed by atoms with Gasteiger partial charge in [-0.3, -0.25) is 0 Å². The summed E-state index contributed by atoms with van der Waals surface area (Å²) in [6, 6.07) is 12.1. The Kier molecular flexibility index (Phi) is 5.68. The fourth-order valence-electron chi connectivity index (χ4n) is 2.10. The number of benzene rings is 2. The minimum atomic E-state index is 0.288. The van der Waals surface area contributed by atoms with Gasteiger partial charge in [0, 0.05) is 15.5 Å². The molecule has 0 spiro atoms. The van der Waals surface area contributed by atoms with Crippen LogP contribution < -0.4 is 10.1 Å². The molecule has 0 saturated heterocycles. The van der Waals surface area contributed by atoms with Crippen LogP contribution in [0.3, 0.4) is 0 Å². The summed E-state index contributed by atoms with van der Waals surface area (Å²) in [5, 5.41) is 4.01. The van der Waals surface area contributed by atoms with E-state index in [1.54, 1.807) is 0 Å². The van der Waals surface area contributed by atoms with E-state index in [4.69, 9.17) is 16.3 Å². The zero-order chi connectivity index (χ0) is 15.4. The largest absolute Gasteiger partial charge is 0.457 e. The molecule has 21 heavy (non-hydrogen) atoms. The molecule has 2 nitrogen and oxygen atoms in total. The molecule has 0 bridgehead atoms. The summed E-state index contributed by atoms with van der Waals surface area (Å²) in [5.41, 5.74) is 2.30.